The fourth-order valence-electron chi connectivity index (χ4n) is 2.27. The van der Waals surface area contributed by atoms with Gasteiger partial charge in [0.2, 0.25) is 5.65 Å². The van der Waals surface area contributed by atoms with Crippen molar-refractivity contribution < 1.29 is 4.74 Å². The van der Waals surface area contributed by atoms with E-state index in [1.807, 2.05) is 10.6 Å². The van der Waals surface area contributed by atoms with Crippen molar-refractivity contribution in [3.05, 3.63) is 18.7 Å². The third-order valence-corrected chi connectivity index (χ3v) is 3.72. The number of hydrogen-bond acceptors (Lipinski definition) is 5. The zero-order chi connectivity index (χ0) is 12.5. The van der Waals surface area contributed by atoms with Crippen molar-refractivity contribution in [1.29, 1.82) is 0 Å². The number of hydrogen-bond donors (Lipinski definition) is 0. The van der Waals surface area contributed by atoms with Crippen LogP contribution in [0.1, 0.15) is 6.92 Å². The summed E-state index contributed by atoms with van der Waals surface area (Å²) >= 11 is 3.48. The van der Waals surface area contributed by atoms with Crippen LogP contribution >= 0.6 is 15.9 Å². The van der Waals surface area contributed by atoms with E-state index in [1.54, 1.807) is 12.5 Å². The molecular formula is C11H14BrN5O. The highest BCUT2D eigenvalue weighted by molar-refractivity contribution is 9.09. The molecule has 6 nitrogen and oxygen atoms in total. The number of rotatable bonds is 2. The summed E-state index contributed by atoms with van der Waals surface area (Å²) in [5.41, 5.74) is 0.792. The van der Waals surface area contributed by atoms with Crippen molar-refractivity contribution in [2.75, 3.05) is 23.3 Å². The summed E-state index contributed by atoms with van der Waals surface area (Å²) in [5.74, 6) is 0.871. The standard InChI is InChI=1S/C11H14BrN5O/c1-8-5-17(6-9(4-12)18-8)10-11-15-14-7-16(11)3-2-13-10/h2-3,7-9H,4-6H2,1H3. The molecule has 96 valence electrons. The Morgan fingerprint density at radius 1 is 1.50 bits per heavy atom. The van der Waals surface area contributed by atoms with Crippen molar-refractivity contribution in [3.63, 3.8) is 0 Å². The first-order valence-corrected chi connectivity index (χ1v) is 7.01. The van der Waals surface area contributed by atoms with E-state index in [0.717, 1.165) is 29.9 Å². The molecule has 18 heavy (non-hydrogen) atoms. The van der Waals surface area contributed by atoms with E-state index in [4.69, 9.17) is 4.74 Å². The Bertz CT molecular complexity index is 545. The molecule has 3 heterocycles. The third-order valence-electron chi connectivity index (χ3n) is 3.00. The highest BCUT2D eigenvalue weighted by atomic mass is 79.9. The Morgan fingerprint density at radius 3 is 3.22 bits per heavy atom. The van der Waals surface area contributed by atoms with Crippen LogP contribution in [-0.4, -0.2) is 50.2 Å². The summed E-state index contributed by atoms with van der Waals surface area (Å²) in [6, 6.07) is 0. The topological polar surface area (TPSA) is 55.6 Å². The second-order valence-electron chi connectivity index (χ2n) is 4.44. The van der Waals surface area contributed by atoms with Crippen LogP contribution in [0.15, 0.2) is 18.7 Å². The predicted molar refractivity (Wildman–Crippen MR) is 71.1 cm³/mol. The number of halogens is 1. The average molecular weight is 312 g/mol. The Balaban J connectivity index is 1.96. The lowest BCUT2D eigenvalue weighted by molar-refractivity contribution is -0.00216. The quantitative estimate of drug-likeness (QED) is 0.778. The fourth-order valence-corrected chi connectivity index (χ4v) is 2.63. The fraction of sp³-hybridized carbons (Fsp3) is 0.545. The molecule has 1 fully saturated rings. The van der Waals surface area contributed by atoms with Crippen LogP contribution in [-0.2, 0) is 4.74 Å². The lowest BCUT2D eigenvalue weighted by Crippen LogP contribution is -2.47. The Kier molecular flexibility index (Phi) is 3.17. The maximum absolute atomic E-state index is 5.82. The molecule has 3 rings (SSSR count). The number of nitrogens with zero attached hydrogens (tertiary/aromatic N) is 5. The van der Waals surface area contributed by atoms with Crippen LogP contribution in [0.3, 0.4) is 0 Å². The zero-order valence-electron chi connectivity index (χ0n) is 10.0. The van der Waals surface area contributed by atoms with E-state index in [2.05, 4.69) is 42.9 Å². The molecule has 2 aromatic rings. The zero-order valence-corrected chi connectivity index (χ0v) is 11.6. The molecule has 1 aliphatic rings. The van der Waals surface area contributed by atoms with Gasteiger partial charge in [-0.15, -0.1) is 10.2 Å². The SMILES string of the molecule is CC1CN(c2nccn3cnnc23)CC(CBr)O1. The molecule has 0 spiro atoms. The molecular weight excluding hydrogens is 298 g/mol. The number of aromatic nitrogens is 4. The van der Waals surface area contributed by atoms with Crippen LogP contribution in [0.4, 0.5) is 5.82 Å². The number of ether oxygens (including phenoxy) is 1. The molecule has 0 aliphatic carbocycles. The highest BCUT2D eigenvalue weighted by Crippen LogP contribution is 2.22. The second kappa shape index (κ2) is 4.81. The van der Waals surface area contributed by atoms with Crippen LogP contribution in [0.5, 0.6) is 0 Å². The van der Waals surface area contributed by atoms with Crippen molar-refractivity contribution in [2.45, 2.75) is 19.1 Å². The Morgan fingerprint density at radius 2 is 2.39 bits per heavy atom. The minimum Gasteiger partial charge on any atom is -0.371 e. The first-order chi connectivity index (χ1) is 8.78. The van der Waals surface area contributed by atoms with Gasteiger partial charge in [0.15, 0.2) is 5.82 Å². The average Bonchev–Trinajstić information content (AvgIpc) is 2.85. The van der Waals surface area contributed by atoms with Crippen LogP contribution in [0.2, 0.25) is 0 Å². The van der Waals surface area contributed by atoms with E-state index in [-0.39, 0.29) is 12.2 Å². The maximum Gasteiger partial charge on any atom is 0.203 e. The molecule has 0 amide bonds. The first-order valence-electron chi connectivity index (χ1n) is 5.88. The molecule has 0 radical (unpaired) electrons. The summed E-state index contributed by atoms with van der Waals surface area (Å²) in [6.07, 6.45) is 5.68. The number of fused-ring (bicyclic) bond motifs is 1. The van der Waals surface area contributed by atoms with E-state index in [1.165, 1.54) is 0 Å². The summed E-state index contributed by atoms with van der Waals surface area (Å²) in [5, 5.41) is 8.87. The normalized spacial score (nSPS) is 24.7. The molecule has 0 saturated carbocycles. The summed E-state index contributed by atoms with van der Waals surface area (Å²) in [4.78, 5) is 6.65. The maximum atomic E-state index is 5.82. The van der Waals surface area contributed by atoms with E-state index in [9.17, 15) is 0 Å². The van der Waals surface area contributed by atoms with E-state index in [0.29, 0.717) is 0 Å². The number of alkyl halides is 1. The van der Waals surface area contributed by atoms with Crippen molar-refractivity contribution in [2.24, 2.45) is 0 Å². The highest BCUT2D eigenvalue weighted by Gasteiger charge is 2.27. The molecule has 2 aromatic heterocycles. The molecule has 0 aromatic carbocycles. The third kappa shape index (κ3) is 2.08. The van der Waals surface area contributed by atoms with E-state index < -0.39 is 0 Å². The molecule has 2 atom stereocenters. The molecule has 1 saturated heterocycles. The molecule has 0 bridgehead atoms. The largest absolute Gasteiger partial charge is 0.371 e. The lowest BCUT2D eigenvalue weighted by Gasteiger charge is -2.36. The van der Waals surface area contributed by atoms with Gasteiger partial charge in [-0.3, -0.25) is 4.40 Å². The summed E-state index contributed by atoms with van der Waals surface area (Å²) < 4.78 is 7.70. The van der Waals surface area contributed by atoms with E-state index >= 15 is 0 Å². The van der Waals surface area contributed by atoms with Gasteiger partial charge in [-0.1, -0.05) is 15.9 Å². The molecule has 2 unspecified atom stereocenters. The van der Waals surface area contributed by atoms with Crippen LogP contribution in [0.25, 0.3) is 5.65 Å². The smallest absolute Gasteiger partial charge is 0.203 e. The van der Waals surface area contributed by atoms with Gasteiger partial charge < -0.3 is 9.64 Å². The van der Waals surface area contributed by atoms with Gasteiger partial charge in [-0.2, -0.15) is 0 Å². The predicted octanol–water partition coefficient (Wildman–Crippen LogP) is 1.11. The molecule has 0 N–H and O–H groups in total. The molecule has 7 heteroatoms. The monoisotopic (exact) mass is 311 g/mol. The minimum atomic E-state index is 0.179. The van der Waals surface area contributed by atoms with Gasteiger partial charge in [-0.25, -0.2) is 4.98 Å². The Hall–Kier alpha value is -1.21. The molecule has 1 aliphatic heterocycles. The Labute approximate surface area is 113 Å². The van der Waals surface area contributed by atoms with Gasteiger partial charge in [0.25, 0.3) is 0 Å². The number of morpholine rings is 1. The van der Waals surface area contributed by atoms with Gasteiger partial charge in [-0.05, 0) is 6.92 Å². The second-order valence-corrected chi connectivity index (χ2v) is 5.09. The summed E-state index contributed by atoms with van der Waals surface area (Å²) in [6.45, 7) is 3.71. The van der Waals surface area contributed by atoms with Crippen molar-refractivity contribution in [1.82, 2.24) is 19.6 Å². The van der Waals surface area contributed by atoms with Crippen LogP contribution < -0.4 is 4.90 Å². The first kappa shape index (κ1) is 11.9. The number of anilines is 1. The van der Waals surface area contributed by atoms with Gasteiger partial charge in [0.05, 0.1) is 12.2 Å². The van der Waals surface area contributed by atoms with Gasteiger partial charge in [0, 0.05) is 30.8 Å². The van der Waals surface area contributed by atoms with Gasteiger partial charge in [0.1, 0.15) is 6.33 Å². The van der Waals surface area contributed by atoms with Crippen molar-refractivity contribution >= 4 is 27.4 Å². The van der Waals surface area contributed by atoms with Gasteiger partial charge >= 0.3 is 0 Å². The lowest BCUT2D eigenvalue weighted by atomic mass is 10.2. The summed E-state index contributed by atoms with van der Waals surface area (Å²) in [7, 11) is 0. The minimum absolute atomic E-state index is 0.179. The van der Waals surface area contributed by atoms with Crippen LogP contribution in [0, 0.1) is 0 Å². The van der Waals surface area contributed by atoms with Crippen molar-refractivity contribution in [3.8, 4) is 0 Å².